The molecule has 0 saturated heterocycles. The Kier molecular flexibility index (Phi) is 5.69. The summed E-state index contributed by atoms with van der Waals surface area (Å²) >= 11 is 0. The maximum absolute atomic E-state index is 12.9. The van der Waals surface area contributed by atoms with E-state index in [9.17, 15) is 10.1 Å². The van der Waals surface area contributed by atoms with Gasteiger partial charge in [-0.25, -0.2) is 9.50 Å². The normalized spacial score (nSPS) is 11.0. The van der Waals surface area contributed by atoms with E-state index in [4.69, 9.17) is 0 Å². The summed E-state index contributed by atoms with van der Waals surface area (Å²) in [5.41, 5.74) is 4.78. The molecule has 1 amide bonds. The van der Waals surface area contributed by atoms with Gasteiger partial charge < -0.3 is 4.90 Å². The molecule has 0 unspecified atom stereocenters. The quantitative estimate of drug-likeness (QED) is 0.660. The van der Waals surface area contributed by atoms with Crippen LogP contribution in [0.3, 0.4) is 0 Å². The average Bonchev–Trinajstić information content (AvgIpc) is 3.09. The van der Waals surface area contributed by atoms with Gasteiger partial charge in [0.05, 0.1) is 6.20 Å². The number of fused-ring (bicyclic) bond motifs is 1. The highest BCUT2D eigenvalue weighted by Crippen LogP contribution is 2.19. The monoisotopic (exact) mass is 376 g/mol. The molecule has 7 nitrogen and oxygen atoms in total. The number of hydrogen-bond acceptors (Lipinski definition) is 5. The molecule has 0 saturated carbocycles. The molecule has 0 fully saturated rings. The lowest BCUT2D eigenvalue weighted by molar-refractivity contribution is -0.133. The lowest BCUT2D eigenvalue weighted by atomic mass is 10.1. The van der Waals surface area contributed by atoms with Crippen LogP contribution in [0.15, 0.2) is 30.7 Å². The minimum absolute atomic E-state index is 0.0935. The van der Waals surface area contributed by atoms with Gasteiger partial charge in [-0.2, -0.15) is 10.4 Å². The number of aryl methyl sites for hydroxylation is 2. The molecule has 0 aromatic carbocycles. The van der Waals surface area contributed by atoms with Crippen molar-refractivity contribution in [2.24, 2.45) is 0 Å². The second-order valence-electron chi connectivity index (χ2n) is 7.14. The van der Waals surface area contributed by atoms with Gasteiger partial charge >= 0.3 is 0 Å². The van der Waals surface area contributed by atoms with E-state index in [2.05, 4.69) is 21.1 Å². The Labute approximate surface area is 164 Å². The van der Waals surface area contributed by atoms with Gasteiger partial charge in [-0.05, 0) is 51.3 Å². The topological polar surface area (TPSA) is 87.2 Å². The molecular weight excluding hydrogens is 352 g/mol. The van der Waals surface area contributed by atoms with Crippen molar-refractivity contribution in [3.05, 3.63) is 58.8 Å². The van der Waals surface area contributed by atoms with Crippen LogP contribution in [0.2, 0.25) is 0 Å². The fraction of sp³-hybridized carbons (Fsp3) is 0.381. The van der Waals surface area contributed by atoms with Gasteiger partial charge in [0.2, 0.25) is 5.91 Å². The fourth-order valence-corrected chi connectivity index (χ4v) is 3.37. The molecule has 3 aromatic rings. The highest BCUT2D eigenvalue weighted by molar-refractivity contribution is 5.77. The Morgan fingerprint density at radius 3 is 2.75 bits per heavy atom. The Balaban J connectivity index is 1.78. The second-order valence-corrected chi connectivity index (χ2v) is 7.14. The summed E-state index contributed by atoms with van der Waals surface area (Å²) in [6, 6.07) is 6.07. The zero-order valence-corrected chi connectivity index (χ0v) is 16.7. The standard InChI is InChI=1S/C21H24N6O/c1-14(2)26(13-17-6-5-9-23-11-17)20(28)8-7-19-15(3)25-21-18(10-22)12-24-27(21)16(19)4/h5-6,9,11-12,14H,7-8,13H2,1-4H3. The van der Waals surface area contributed by atoms with E-state index >= 15 is 0 Å². The molecule has 0 N–H and O–H groups in total. The van der Waals surface area contributed by atoms with Crippen molar-refractivity contribution in [2.75, 3.05) is 0 Å². The molecule has 0 aliphatic heterocycles. The van der Waals surface area contributed by atoms with Crippen molar-refractivity contribution in [1.82, 2.24) is 24.5 Å². The SMILES string of the molecule is Cc1nc2c(C#N)cnn2c(C)c1CCC(=O)N(Cc1cccnc1)C(C)C. The smallest absolute Gasteiger partial charge is 0.223 e. The molecule has 28 heavy (non-hydrogen) atoms. The number of nitriles is 1. The van der Waals surface area contributed by atoms with Crippen molar-refractivity contribution in [3.8, 4) is 6.07 Å². The molecule has 3 heterocycles. The van der Waals surface area contributed by atoms with Crippen LogP contribution in [0.4, 0.5) is 0 Å². The molecule has 3 aromatic heterocycles. The zero-order chi connectivity index (χ0) is 20.3. The van der Waals surface area contributed by atoms with Crippen LogP contribution in [0.25, 0.3) is 5.65 Å². The summed E-state index contributed by atoms with van der Waals surface area (Å²) in [6.45, 7) is 8.45. The first kappa shape index (κ1) is 19.5. The molecule has 0 radical (unpaired) electrons. The second kappa shape index (κ2) is 8.17. The Morgan fingerprint density at radius 1 is 1.32 bits per heavy atom. The molecular formula is C21H24N6O. The number of carbonyl (C=O) groups excluding carboxylic acids is 1. The first-order valence-corrected chi connectivity index (χ1v) is 9.34. The minimum Gasteiger partial charge on any atom is -0.336 e. The number of carbonyl (C=O) groups is 1. The van der Waals surface area contributed by atoms with Crippen molar-refractivity contribution < 1.29 is 4.79 Å². The van der Waals surface area contributed by atoms with E-state index in [0.717, 1.165) is 22.5 Å². The van der Waals surface area contributed by atoms with E-state index < -0.39 is 0 Å². The number of amides is 1. The van der Waals surface area contributed by atoms with Crippen LogP contribution in [0.1, 0.15) is 48.3 Å². The predicted molar refractivity (Wildman–Crippen MR) is 105 cm³/mol. The Bertz CT molecular complexity index is 1030. The summed E-state index contributed by atoms with van der Waals surface area (Å²) < 4.78 is 1.68. The molecule has 0 aliphatic carbocycles. The maximum Gasteiger partial charge on any atom is 0.223 e. The van der Waals surface area contributed by atoms with Crippen LogP contribution in [-0.2, 0) is 17.8 Å². The first-order chi connectivity index (χ1) is 13.4. The number of rotatable bonds is 6. The van der Waals surface area contributed by atoms with Crippen LogP contribution in [0.5, 0.6) is 0 Å². The summed E-state index contributed by atoms with van der Waals surface area (Å²) in [5.74, 6) is 0.0935. The van der Waals surface area contributed by atoms with E-state index in [1.54, 1.807) is 16.9 Å². The largest absolute Gasteiger partial charge is 0.336 e. The van der Waals surface area contributed by atoms with Gasteiger partial charge in [0.25, 0.3) is 0 Å². The number of pyridine rings is 1. The molecule has 144 valence electrons. The summed E-state index contributed by atoms with van der Waals surface area (Å²) in [4.78, 5) is 23.5. The van der Waals surface area contributed by atoms with Crippen LogP contribution >= 0.6 is 0 Å². The lowest BCUT2D eigenvalue weighted by Gasteiger charge is -2.27. The van der Waals surface area contributed by atoms with Gasteiger partial charge in [0.15, 0.2) is 5.65 Å². The van der Waals surface area contributed by atoms with Gasteiger partial charge in [0.1, 0.15) is 11.6 Å². The van der Waals surface area contributed by atoms with Crippen molar-refractivity contribution >= 4 is 11.6 Å². The summed E-state index contributed by atoms with van der Waals surface area (Å²) in [5, 5.41) is 13.5. The molecule has 0 aliphatic rings. The van der Waals surface area contributed by atoms with E-state index in [-0.39, 0.29) is 11.9 Å². The third-order valence-corrected chi connectivity index (χ3v) is 4.94. The number of nitrogens with zero attached hydrogens (tertiary/aromatic N) is 6. The Morgan fingerprint density at radius 2 is 2.11 bits per heavy atom. The third-order valence-electron chi connectivity index (χ3n) is 4.94. The van der Waals surface area contributed by atoms with Gasteiger partial charge in [0, 0.05) is 42.8 Å². The molecule has 0 spiro atoms. The van der Waals surface area contributed by atoms with Crippen LogP contribution < -0.4 is 0 Å². The molecule has 7 heteroatoms. The van der Waals surface area contributed by atoms with Gasteiger partial charge in [-0.15, -0.1) is 0 Å². The predicted octanol–water partition coefficient (Wildman–Crippen LogP) is 2.98. The van der Waals surface area contributed by atoms with Crippen molar-refractivity contribution in [3.63, 3.8) is 0 Å². The average molecular weight is 376 g/mol. The number of aromatic nitrogens is 4. The highest BCUT2D eigenvalue weighted by atomic mass is 16.2. The van der Waals surface area contributed by atoms with Crippen LogP contribution in [-0.4, -0.2) is 36.4 Å². The van der Waals surface area contributed by atoms with Gasteiger partial charge in [-0.1, -0.05) is 6.07 Å². The minimum atomic E-state index is 0.0935. The molecule has 3 rings (SSSR count). The van der Waals surface area contributed by atoms with E-state index in [1.165, 1.54) is 6.20 Å². The Hall–Kier alpha value is -3.27. The summed E-state index contributed by atoms with van der Waals surface area (Å²) in [6.07, 6.45) is 6.02. The first-order valence-electron chi connectivity index (χ1n) is 9.34. The number of hydrogen-bond donors (Lipinski definition) is 0. The van der Waals surface area contributed by atoms with Gasteiger partial charge in [-0.3, -0.25) is 9.78 Å². The highest BCUT2D eigenvalue weighted by Gasteiger charge is 2.19. The van der Waals surface area contributed by atoms with Crippen molar-refractivity contribution in [2.45, 2.75) is 53.1 Å². The third kappa shape index (κ3) is 3.86. The lowest BCUT2D eigenvalue weighted by Crippen LogP contribution is -2.36. The molecule has 0 bridgehead atoms. The summed E-state index contributed by atoms with van der Waals surface area (Å²) in [7, 11) is 0. The molecule has 0 atom stereocenters. The van der Waals surface area contributed by atoms with E-state index in [1.807, 2.05) is 44.7 Å². The zero-order valence-electron chi connectivity index (χ0n) is 16.7. The van der Waals surface area contributed by atoms with E-state index in [0.29, 0.717) is 30.6 Å². The fourth-order valence-electron chi connectivity index (χ4n) is 3.37. The maximum atomic E-state index is 12.9. The van der Waals surface area contributed by atoms with Crippen molar-refractivity contribution in [1.29, 1.82) is 5.26 Å². The van der Waals surface area contributed by atoms with Crippen LogP contribution in [0, 0.1) is 25.2 Å².